The number of hydrogen-bond donors (Lipinski definition) is 1. The quantitative estimate of drug-likeness (QED) is 0.820. The molecular weight excluding hydrogens is 264 g/mol. The summed E-state index contributed by atoms with van der Waals surface area (Å²) < 4.78 is 22.7. The van der Waals surface area contributed by atoms with E-state index in [1.165, 1.54) is 12.8 Å². The molecule has 2 aliphatic rings. The average Bonchev–Trinajstić information content (AvgIpc) is 2.69. The molecule has 0 spiro atoms. The number of nitrogens with one attached hydrogen (secondary N) is 1. The van der Waals surface area contributed by atoms with Crippen molar-refractivity contribution < 1.29 is 13.2 Å². The molecule has 0 bridgehead atoms. The number of carbonyl (C=O) groups excluding carboxylic acids is 1. The van der Waals surface area contributed by atoms with Crippen molar-refractivity contribution in [1.29, 1.82) is 0 Å². The van der Waals surface area contributed by atoms with Crippen molar-refractivity contribution in [3.63, 3.8) is 0 Å². The summed E-state index contributed by atoms with van der Waals surface area (Å²) in [7, 11) is -2.92. The molecule has 6 heteroatoms. The number of rotatable bonds is 4. The Labute approximate surface area is 115 Å². The molecule has 2 heterocycles. The summed E-state index contributed by atoms with van der Waals surface area (Å²) >= 11 is 0. The summed E-state index contributed by atoms with van der Waals surface area (Å²) in [4.78, 5) is 14.2. The maximum absolute atomic E-state index is 12.0. The Morgan fingerprint density at radius 3 is 2.74 bits per heavy atom. The van der Waals surface area contributed by atoms with Gasteiger partial charge in [-0.2, -0.15) is 0 Å². The molecule has 2 unspecified atom stereocenters. The second-order valence-electron chi connectivity index (χ2n) is 5.70. The third-order valence-electron chi connectivity index (χ3n) is 4.16. The van der Waals surface area contributed by atoms with E-state index in [0.29, 0.717) is 19.0 Å². The molecule has 2 saturated heterocycles. The summed E-state index contributed by atoms with van der Waals surface area (Å²) in [6.45, 7) is 3.55. The summed E-state index contributed by atoms with van der Waals surface area (Å²) in [6.07, 6.45) is 5.21. The predicted molar refractivity (Wildman–Crippen MR) is 74.7 cm³/mol. The Morgan fingerprint density at radius 2 is 2.11 bits per heavy atom. The lowest BCUT2D eigenvalue weighted by Gasteiger charge is -2.34. The van der Waals surface area contributed by atoms with E-state index in [-0.39, 0.29) is 23.5 Å². The number of nitrogens with zero attached hydrogens (tertiary/aromatic N) is 1. The van der Waals surface area contributed by atoms with Crippen molar-refractivity contribution >= 4 is 15.7 Å². The number of piperidine rings is 1. The van der Waals surface area contributed by atoms with E-state index in [1.54, 1.807) is 0 Å². The number of amides is 1. The van der Waals surface area contributed by atoms with Crippen LogP contribution >= 0.6 is 0 Å². The van der Waals surface area contributed by atoms with Crippen LogP contribution in [0.2, 0.25) is 0 Å². The zero-order valence-corrected chi connectivity index (χ0v) is 12.4. The van der Waals surface area contributed by atoms with Gasteiger partial charge in [-0.1, -0.05) is 13.3 Å². The van der Waals surface area contributed by atoms with E-state index in [2.05, 4.69) is 17.1 Å². The fourth-order valence-corrected chi connectivity index (χ4v) is 4.77. The Morgan fingerprint density at radius 1 is 1.32 bits per heavy atom. The topological polar surface area (TPSA) is 66.5 Å². The third-order valence-corrected chi connectivity index (χ3v) is 5.93. The zero-order valence-electron chi connectivity index (χ0n) is 11.6. The van der Waals surface area contributed by atoms with Gasteiger partial charge in [0, 0.05) is 12.1 Å². The lowest BCUT2D eigenvalue weighted by molar-refractivity contribution is -0.123. The van der Waals surface area contributed by atoms with Gasteiger partial charge in [0.05, 0.1) is 18.1 Å². The van der Waals surface area contributed by atoms with Crippen LogP contribution in [0.15, 0.2) is 0 Å². The molecule has 0 aromatic carbocycles. The molecule has 2 aliphatic heterocycles. The van der Waals surface area contributed by atoms with E-state index in [1.807, 2.05) is 0 Å². The first-order valence-electron chi connectivity index (χ1n) is 7.24. The highest BCUT2D eigenvalue weighted by Crippen LogP contribution is 2.19. The van der Waals surface area contributed by atoms with Crippen LogP contribution in [0.3, 0.4) is 0 Å². The van der Waals surface area contributed by atoms with Gasteiger partial charge in [-0.3, -0.25) is 9.69 Å². The van der Waals surface area contributed by atoms with Crippen LogP contribution in [0.25, 0.3) is 0 Å². The molecule has 1 N–H and O–H groups in total. The van der Waals surface area contributed by atoms with Crippen molar-refractivity contribution in [1.82, 2.24) is 10.2 Å². The summed E-state index contributed by atoms with van der Waals surface area (Å²) in [5.41, 5.74) is 0. The van der Waals surface area contributed by atoms with E-state index in [9.17, 15) is 13.2 Å². The summed E-state index contributed by atoms with van der Waals surface area (Å²) in [6, 6.07) is 0.328. The van der Waals surface area contributed by atoms with Crippen LogP contribution in [0, 0.1) is 0 Å². The van der Waals surface area contributed by atoms with Gasteiger partial charge in [0.2, 0.25) is 5.91 Å². The molecular formula is C13H24N2O3S. The van der Waals surface area contributed by atoms with Crippen molar-refractivity contribution in [3.05, 3.63) is 0 Å². The minimum Gasteiger partial charge on any atom is -0.351 e. The second kappa shape index (κ2) is 6.22. The molecule has 0 aromatic heterocycles. The molecule has 2 atom stereocenters. The average molecular weight is 288 g/mol. The zero-order chi connectivity index (χ0) is 13.9. The van der Waals surface area contributed by atoms with Crippen molar-refractivity contribution in [3.8, 4) is 0 Å². The minimum atomic E-state index is -2.92. The van der Waals surface area contributed by atoms with E-state index < -0.39 is 9.84 Å². The lowest BCUT2D eigenvalue weighted by atomic mass is 10.00. The predicted octanol–water partition coefficient (Wildman–Crippen LogP) is 0.554. The molecule has 5 nitrogen and oxygen atoms in total. The van der Waals surface area contributed by atoms with Gasteiger partial charge < -0.3 is 5.32 Å². The van der Waals surface area contributed by atoms with Gasteiger partial charge in [0.15, 0.2) is 9.84 Å². The molecule has 0 saturated carbocycles. The highest BCUT2D eigenvalue weighted by Gasteiger charge is 2.30. The van der Waals surface area contributed by atoms with Crippen molar-refractivity contribution in [2.24, 2.45) is 0 Å². The summed E-state index contributed by atoms with van der Waals surface area (Å²) in [5.74, 6) is 0.289. The van der Waals surface area contributed by atoms with Crippen LogP contribution in [-0.4, -0.2) is 55.9 Å². The monoisotopic (exact) mass is 288 g/mol. The minimum absolute atomic E-state index is 0.0255. The molecule has 19 heavy (non-hydrogen) atoms. The first-order chi connectivity index (χ1) is 9.00. The van der Waals surface area contributed by atoms with Crippen LogP contribution in [0.5, 0.6) is 0 Å². The Balaban J connectivity index is 1.80. The highest BCUT2D eigenvalue weighted by atomic mass is 32.2. The first kappa shape index (κ1) is 14.8. The van der Waals surface area contributed by atoms with Crippen LogP contribution in [0.1, 0.15) is 39.0 Å². The van der Waals surface area contributed by atoms with E-state index in [4.69, 9.17) is 0 Å². The number of likely N-dealkylation sites (tertiary alicyclic amines) is 1. The lowest BCUT2D eigenvalue weighted by Crippen LogP contribution is -2.47. The summed E-state index contributed by atoms with van der Waals surface area (Å²) in [5, 5.41) is 2.87. The Kier molecular flexibility index (Phi) is 4.84. The standard InChI is InChI=1S/C13H24N2O3S/c1-2-12-5-3-4-7-15(12)9-13(16)14-11-6-8-19(17,18)10-11/h11-12H,2-10H2,1H3,(H,14,16). The second-order valence-corrected chi connectivity index (χ2v) is 7.92. The van der Waals surface area contributed by atoms with E-state index in [0.717, 1.165) is 19.4 Å². The SMILES string of the molecule is CCC1CCCCN1CC(=O)NC1CCS(=O)(=O)C1. The van der Waals surface area contributed by atoms with Gasteiger partial charge in [-0.15, -0.1) is 0 Å². The molecule has 0 aromatic rings. The maximum atomic E-state index is 12.0. The molecule has 2 rings (SSSR count). The van der Waals surface area contributed by atoms with Gasteiger partial charge in [0.25, 0.3) is 0 Å². The Hall–Kier alpha value is -0.620. The smallest absolute Gasteiger partial charge is 0.234 e. The van der Waals surface area contributed by atoms with Crippen molar-refractivity contribution in [2.45, 2.75) is 51.1 Å². The van der Waals surface area contributed by atoms with Crippen LogP contribution < -0.4 is 5.32 Å². The normalized spacial score (nSPS) is 31.2. The van der Waals surface area contributed by atoms with Crippen LogP contribution in [-0.2, 0) is 14.6 Å². The molecule has 2 fully saturated rings. The van der Waals surface area contributed by atoms with Gasteiger partial charge in [-0.05, 0) is 32.2 Å². The fraction of sp³-hybridized carbons (Fsp3) is 0.923. The van der Waals surface area contributed by atoms with Gasteiger partial charge in [0.1, 0.15) is 0 Å². The molecule has 110 valence electrons. The number of sulfone groups is 1. The number of carbonyl (C=O) groups is 1. The maximum Gasteiger partial charge on any atom is 0.234 e. The van der Waals surface area contributed by atoms with Gasteiger partial charge >= 0.3 is 0 Å². The molecule has 0 radical (unpaired) electrons. The van der Waals surface area contributed by atoms with Crippen LogP contribution in [0.4, 0.5) is 0 Å². The fourth-order valence-electron chi connectivity index (χ4n) is 3.10. The number of hydrogen-bond acceptors (Lipinski definition) is 4. The van der Waals surface area contributed by atoms with E-state index >= 15 is 0 Å². The first-order valence-corrected chi connectivity index (χ1v) is 9.06. The molecule has 0 aliphatic carbocycles. The third kappa shape index (κ3) is 4.18. The van der Waals surface area contributed by atoms with Gasteiger partial charge in [-0.25, -0.2) is 8.42 Å². The molecule has 1 amide bonds. The largest absolute Gasteiger partial charge is 0.351 e. The highest BCUT2D eigenvalue weighted by molar-refractivity contribution is 7.91. The Bertz CT molecular complexity index is 422. The van der Waals surface area contributed by atoms with Crippen molar-refractivity contribution in [2.75, 3.05) is 24.6 Å².